The minimum atomic E-state index is -0.306. The molecule has 1 amide bonds. The second-order valence-electron chi connectivity index (χ2n) is 7.01. The highest BCUT2D eigenvalue weighted by Crippen LogP contribution is 2.24. The Hall–Kier alpha value is -3.22. The predicted octanol–water partition coefficient (Wildman–Crippen LogP) is 4.95. The number of nitrogens with zero attached hydrogens (tertiary/aromatic N) is 2. The van der Waals surface area contributed by atoms with Crippen LogP contribution in [-0.2, 0) is 4.79 Å². The minimum absolute atomic E-state index is 0.0278. The van der Waals surface area contributed by atoms with Crippen molar-refractivity contribution in [3.05, 3.63) is 59.7 Å². The highest BCUT2D eigenvalue weighted by Gasteiger charge is 2.16. The van der Waals surface area contributed by atoms with Gasteiger partial charge in [-0.2, -0.15) is 4.98 Å². The fourth-order valence-corrected chi connectivity index (χ4v) is 2.51. The van der Waals surface area contributed by atoms with Gasteiger partial charge in [-0.1, -0.05) is 31.1 Å². The number of benzene rings is 2. The van der Waals surface area contributed by atoms with Gasteiger partial charge in [-0.3, -0.25) is 4.79 Å². The molecule has 1 atom stereocenters. The molecule has 6 nitrogen and oxygen atoms in total. The number of nitrogens with one attached hydrogen (secondary N) is 2. The number of hydrogen-bond donors (Lipinski definition) is 2. The monoisotopic (exact) mass is 382 g/mol. The van der Waals surface area contributed by atoms with Gasteiger partial charge in [0.25, 0.3) is 0 Å². The summed E-state index contributed by atoms with van der Waals surface area (Å²) >= 11 is 0. The number of anilines is 2. The Balaban J connectivity index is 1.66. The van der Waals surface area contributed by atoms with E-state index in [9.17, 15) is 9.18 Å². The zero-order valence-corrected chi connectivity index (χ0v) is 16.3. The first-order chi connectivity index (χ1) is 13.3. The first-order valence-electron chi connectivity index (χ1n) is 9.11. The fourth-order valence-electron chi connectivity index (χ4n) is 2.51. The van der Waals surface area contributed by atoms with Crippen LogP contribution in [0.25, 0.3) is 11.4 Å². The predicted molar refractivity (Wildman–Crippen MR) is 106 cm³/mol. The number of aromatic nitrogens is 2. The molecule has 0 aliphatic rings. The molecule has 0 aliphatic heterocycles. The molecule has 1 heterocycles. The minimum Gasteiger partial charge on any atom is -0.374 e. The molecule has 2 aromatic carbocycles. The Morgan fingerprint density at radius 2 is 1.75 bits per heavy atom. The fraction of sp³-hybridized carbons (Fsp3) is 0.286. The summed E-state index contributed by atoms with van der Waals surface area (Å²) in [6.07, 6.45) is 0. The van der Waals surface area contributed by atoms with Crippen molar-refractivity contribution in [2.24, 2.45) is 5.92 Å². The van der Waals surface area contributed by atoms with Gasteiger partial charge in [-0.25, -0.2) is 4.39 Å². The third-order valence-corrected chi connectivity index (χ3v) is 4.30. The van der Waals surface area contributed by atoms with Crippen LogP contribution in [0.4, 0.5) is 15.8 Å². The van der Waals surface area contributed by atoms with Gasteiger partial charge in [-0.05, 0) is 49.7 Å². The lowest BCUT2D eigenvalue weighted by Crippen LogP contribution is -2.17. The van der Waals surface area contributed by atoms with E-state index in [1.165, 1.54) is 6.07 Å². The summed E-state index contributed by atoms with van der Waals surface area (Å²) in [5.41, 5.74) is 2.71. The smallest absolute Gasteiger partial charge is 0.249 e. The third-order valence-electron chi connectivity index (χ3n) is 4.30. The van der Waals surface area contributed by atoms with Gasteiger partial charge >= 0.3 is 0 Å². The van der Waals surface area contributed by atoms with Crippen LogP contribution in [0.1, 0.15) is 38.3 Å². The molecule has 2 N–H and O–H groups in total. The Labute approximate surface area is 163 Å². The van der Waals surface area contributed by atoms with Crippen molar-refractivity contribution < 1.29 is 13.7 Å². The van der Waals surface area contributed by atoms with Gasteiger partial charge in [0.2, 0.25) is 17.6 Å². The molecule has 1 aromatic heterocycles. The number of carbonyl (C=O) groups excluding carboxylic acids is 1. The average molecular weight is 382 g/mol. The average Bonchev–Trinajstić information content (AvgIpc) is 3.16. The van der Waals surface area contributed by atoms with Crippen LogP contribution in [0.5, 0.6) is 0 Å². The Morgan fingerprint density at radius 1 is 1.07 bits per heavy atom. The van der Waals surface area contributed by atoms with E-state index >= 15 is 0 Å². The molecule has 0 saturated heterocycles. The topological polar surface area (TPSA) is 80.0 Å². The van der Waals surface area contributed by atoms with Crippen LogP contribution in [0.3, 0.4) is 0 Å². The zero-order chi connectivity index (χ0) is 20.3. The molecule has 0 bridgehead atoms. The molecule has 0 saturated carbocycles. The van der Waals surface area contributed by atoms with Crippen LogP contribution in [0.2, 0.25) is 0 Å². The van der Waals surface area contributed by atoms with E-state index in [0.29, 0.717) is 22.8 Å². The maximum atomic E-state index is 13.7. The number of rotatable bonds is 6. The lowest BCUT2D eigenvalue weighted by Gasteiger charge is -2.12. The summed E-state index contributed by atoms with van der Waals surface area (Å²) < 4.78 is 19.1. The molecule has 3 aromatic rings. The van der Waals surface area contributed by atoms with Crippen molar-refractivity contribution in [1.29, 1.82) is 0 Å². The van der Waals surface area contributed by atoms with E-state index in [1.54, 1.807) is 19.1 Å². The Bertz CT molecular complexity index is 967. The zero-order valence-electron chi connectivity index (χ0n) is 16.3. The second-order valence-corrected chi connectivity index (χ2v) is 7.01. The van der Waals surface area contributed by atoms with Crippen molar-refractivity contribution >= 4 is 17.3 Å². The van der Waals surface area contributed by atoms with E-state index in [4.69, 9.17) is 4.52 Å². The normalized spacial score (nSPS) is 12.1. The third kappa shape index (κ3) is 4.54. The maximum absolute atomic E-state index is 13.7. The Morgan fingerprint density at radius 3 is 2.39 bits per heavy atom. The van der Waals surface area contributed by atoms with Crippen LogP contribution >= 0.6 is 0 Å². The molecule has 0 radical (unpaired) electrons. The largest absolute Gasteiger partial charge is 0.374 e. The summed E-state index contributed by atoms with van der Waals surface area (Å²) in [6, 6.07) is 12.0. The van der Waals surface area contributed by atoms with E-state index in [2.05, 4.69) is 20.8 Å². The van der Waals surface area contributed by atoms with Gasteiger partial charge in [0.05, 0.1) is 0 Å². The molecule has 1 unspecified atom stereocenters. The van der Waals surface area contributed by atoms with Gasteiger partial charge in [0, 0.05) is 22.9 Å². The number of halogens is 1. The van der Waals surface area contributed by atoms with Crippen molar-refractivity contribution in [2.75, 3.05) is 10.6 Å². The molecule has 28 heavy (non-hydrogen) atoms. The van der Waals surface area contributed by atoms with Crippen LogP contribution < -0.4 is 10.6 Å². The summed E-state index contributed by atoms with van der Waals surface area (Å²) in [5, 5.41) is 10.1. The van der Waals surface area contributed by atoms with Gasteiger partial charge < -0.3 is 15.2 Å². The SMILES string of the molecule is Cc1ccc(-c2noc(C(C)Nc3ccc(NC(=O)C(C)C)cc3)n2)cc1F. The molecule has 0 aliphatic carbocycles. The van der Waals surface area contributed by atoms with Crippen LogP contribution in [0, 0.1) is 18.7 Å². The lowest BCUT2D eigenvalue weighted by atomic mass is 10.1. The van der Waals surface area contributed by atoms with E-state index < -0.39 is 0 Å². The van der Waals surface area contributed by atoms with E-state index in [-0.39, 0.29) is 23.7 Å². The number of carbonyl (C=O) groups is 1. The van der Waals surface area contributed by atoms with Gasteiger partial charge in [-0.15, -0.1) is 0 Å². The molecule has 146 valence electrons. The van der Waals surface area contributed by atoms with E-state index in [0.717, 1.165) is 11.4 Å². The molecular formula is C21H23FN4O2. The first-order valence-corrected chi connectivity index (χ1v) is 9.11. The highest BCUT2D eigenvalue weighted by atomic mass is 19.1. The van der Waals surface area contributed by atoms with Crippen molar-refractivity contribution in [2.45, 2.75) is 33.7 Å². The lowest BCUT2D eigenvalue weighted by molar-refractivity contribution is -0.118. The van der Waals surface area contributed by atoms with Crippen LogP contribution in [-0.4, -0.2) is 16.0 Å². The quantitative estimate of drug-likeness (QED) is 0.630. The number of amides is 1. The first kappa shape index (κ1) is 19.5. The second kappa shape index (κ2) is 8.21. The van der Waals surface area contributed by atoms with Gasteiger partial charge in [0.1, 0.15) is 11.9 Å². The summed E-state index contributed by atoms with van der Waals surface area (Å²) in [6.45, 7) is 7.28. The van der Waals surface area contributed by atoms with Crippen molar-refractivity contribution in [3.63, 3.8) is 0 Å². The van der Waals surface area contributed by atoms with Crippen molar-refractivity contribution in [1.82, 2.24) is 10.1 Å². The summed E-state index contributed by atoms with van der Waals surface area (Å²) in [4.78, 5) is 16.1. The van der Waals surface area contributed by atoms with Crippen LogP contribution in [0.15, 0.2) is 47.0 Å². The molecule has 7 heteroatoms. The van der Waals surface area contributed by atoms with Gasteiger partial charge in [0.15, 0.2) is 0 Å². The number of aryl methyl sites for hydroxylation is 1. The summed E-state index contributed by atoms with van der Waals surface area (Å²) in [7, 11) is 0. The maximum Gasteiger partial charge on any atom is 0.249 e. The van der Waals surface area contributed by atoms with Crippen molar-refractivity contribution in [3.8, 4) is 11.4 Å². The standard InChI is InChI=1S/C21H23FN4O2/c1-12(2)20(27)24-17-9-7-16(8-10-17)23-14(4)21-25-19(26-28-21)15-6-5-13(3)18(22)11-15/h5-12,14,23H,1-4H3,(H,24,27). The highest BCUT2D eigenvalue weighted by molar-refractivity contribution is 5.92. The van der Waals surface area contributed by atoms with E-state index in [1.807, 2.05) is 45.0 Å². The molecule has 0 spiro atoms. The molecule has 0 fully saturated rings. The number of hydrogen-bond acceptors (Lipinski definition) is 5. The summed E-state index contributed by atoms with van der Waals surface area (Å²) in [5.74, 6) is 0.327. The molecular weight excluding hydrogens is 359 g/mol. The Kier molecular flexibility index (Phi) is 5.73. The molecule has 3 rings (SSSR count).